The van der Waals surface area contributed by atoms with Gasteiger partial charge in [-0.2, -0.15) is 8.42 Å². The standard InChI is InChI=1S/C54H98O12S/c1-3-5-7-9-11-13-15-17-19-21-22-23-24-25-27-28-30-32-34-36-38-40-42-49(55)63-44-47(45-64-54-53(59)52(58)51(57)48(66-54)46-67(60,61)62)65-50(56)43-41-39-37-35-33-31-29-26-20-18-16-14-12-10-8-6-4-2/h12,14,18,20,29,31,47-48,51-54,57-59H,3-11,13,15-17,19,21-28,30,32-46H2,1-2H3,(H,60,61,62)/b14-12+,20-18+,31-29+/t47-,48-,51-,52?,53?,54+/m1/s1. The minimum absolute atomic E-state index is 0.140. The number of aliphatic hydroxyl groups excluding tert-OH is 3. The molecule has 1 rings (SSSR count). The van der Waals surface area contributed by atoms with E-state index in [4.69, 9.17) is 18.9 Å². The molecule has 392 valence electrons. The lowest BCUT2D eigenvalue weighted by atomic mass is 10.00. The third-order valence-electron chi connectivity index (χ3n) is 12.5. The summed E-state index contributed by atoms with van der Waals surface area (Å²) in [6, 6.07) is 0. The molecule has 67 heavy (non-hydrogen) atoms. The van der Waals surface area contributed by atoms with E-state index in [1.807, 2.05) is 0 Å². The molecule has 4 N–H and O–H groups in total. The molecule has 13 heteroatoms. The van der Waals surface area contributed by atoms with Gasteiger partial charge in [0, 0.05) is 12.8 Å². The molecule has 0 radical (unpaired) electrons. The lowest BCUT2D eigenvalue weighted by Crippen LogP contribution is -2.60. The van der Waals surface area contributed by atoms with E-state index in [-0.39, 0.29) is 19.4 Å². The first kappa shape index (κ1) is 62.9. The molecule has 0 aromatic carbocycles. The zero-order valence-corrected chi connectivity index (χ0v) is 43.1. The van der Waals surface area contributed by atoms with Gasteiger partial charge in [-0.3, -0.25) is 14.1 Å². The van der Waals surface area contributed by atoms with Gasteiger partial charge in [0.2, 0.25) is 0 Å². The van der Waals surface area contributed by atoms with Gasteiger partial charge in [-0.25, -0.2) is 0 Å². The first-order chi connectivity index (χ1) is 32.5. The van der Waals surface area contributed by atoms with E-state index in [9.17, 15) is 37.9 Å². The van der Waals surface area contributed by atoms with E-state index >= 15 is 0 Å². The van der Waals surface area contributed by atoms with Crippen LogP contribution in [0.4, 0.5) is 0 Å². The Morgan fingerprint density at radius 3 is 1.36 bits per heavy atom. The quantitative estimate of drug-likeness (QED) is 0.0196. The van der Waals surface area contributed by atoms with Crippen LogP contribution < -0.4 is 0 Å². The third-order valence-corrected chi connectivity index (χ3v) is 13.2. The van der Waals surface area contributed by atoms with Crippen LogP contribution in [0.3, 0.4) is 0 Å². The highest BCUT2D eigenvalue weighted by Crippen LogP contribution is 2.24. The molecule has 0 bridgehead atoms. The largest absolute Gasteiger partial charge is 0.462 e. The van der Waals surface area contributed by atoms with Crippen molar-refractivity contribution in [2.75, 3.05) is 19.0 Å². The van der Waals surface area contributed by atoms with Crippen molar-refractivity contribution in [2.45, 2.75) is 275 Å². The first-order valence-electron chi connectivity index (χ1n) is 27.0. The predicted molar refractivity (Wildman–Crippen MR) is 270 cm³/mol. The highest BCUT2D eigenvalue weighted by Gasteiger charge is 2.46. The molecule has 12 nitrogen and oxygen atoms in total. The lowest BCUT2D eigenvalue weighted by molar-refractivity contribution is -0.297. The molecule has 0 amide bonds. The molecule has 1 heterocycles. The van der Waals surface area contributed by atoms with Crippen molar-refractivity contribution in [3.8, 4) is 0 Å². The van der Waals surface area contributed by atoms with Crippen molar-refractivity contribution in [1.82, 2.24) is 0 Å². The number of aliphatic hydroxyl groups is 3. The Hall–Kier alpha value is -2.13. The van der Waals surface area contributed by atoms with Crippen molar-refractivity contribution < 1.29 is 56.8 Å². The van der Waals surface area contributed by atoms with Crippen LogP contribution in [0.5, 0.6) is 0 Å². The molecule has 0 aromatic heterocycles. The highest BCUT2D eigenvalue weighted by atomic mass is 32.2. The van der Waals surface area contributed by atoms with E-state index < -0.39 is 71.2 Å². The molecule has 0 aliphatic carbocycles. The summed E-state index contributed by atoms with van der Waals surface area (Å²) >= 11 is 0. The molecule has 0 spiro atoms. The number of hydrogen-bond acceptors (Lipinski definition) is 11. The average Bonchev–Trinajstić information content (AvgIpc) is 3.30. The first-order valence-corrected chi connectivity index (χ1v) is 28.7. The Labute approximate surface area is 408 Å². The summed E-state index contributed by atoms with van der Waals surface area (Å²) in [7, 11) is -4.61. The fourth-order valence-electron chi connectivity index (χ4n) is 8.27. The SMILES string of the molecule is CCCCC/C=C/C/C=C/C/C=C/CCCCCCC(=O)O[C@H](COC(=O)CCCCCCCCCCCCCCCCCCCCCCCC)CO[C@H]1O[C@H](CS(=O)(=O)O)[C@@H](O)C(O)C1O. The Kier molecular flexibility index (Phi) is 41.2. The Morgan fingerprint density at radius 1 is 0.507 bits per heavy atom. The van der Waals surface area contributed by atoms with E-state index in [0.29, 0.717) is 12.8 Å². The Morgan fingerprint density at radius 2 is 0.896 bits per heavy atom. The normalized spacial score (nSPS) is 19.5. The lowest BCUT2D eigenvalue weighted by Gasteiger charge is -2.40. The number of ether oxygens (including phenoxy) is 4. The van der Waals surface area contributed by atoms with Gasteiger partial charge in [-0.15, -0.1) is 0 Å². The second-order valence-electron chi connectivity index (χ2n) is 18.9. The van der Waals surface area contributed by atoms with E-state index in [1.54, 1.807) is 0 Å². The smallest absolute Gasteiger partial charge is 0.306 e. The number of carbonyl (C=O) groups excluding carboxylic acids is 2. The van der Waals surface area contributed by atoms with E-state index in [0.717, 1.165) is 64.2 Å². The minimum atomic E-state index is -4.61. The van der Waals surface area contributed by atoms with Crippen molar-refractivity contribution in [2.24, 2.45) is 0 Å². The van der Waals surface area contributed by atoms with Gasteiger partial charge in [0.15, 0.2) is 12.4 Å². The molecule has 1 fully saturated rings. The molecular formula is C54H98O12S. The maximum Gasteiger partial charge on any atom is 0.306 e. The Balaban J connectivity index is 2.34. The van der Waals surface area contributed by atoms with Crippen LogP contribution in [-0.4, -0.2) is 96.0 Å². The zero-order chi connectivity index (χ0) is 49.1. The zero-order valence-electron chi connectivity index (χ0n) is 42.3. The number of carbonyl (C=O) groups is 2. The number of esters is 2. The minimum Gasteiger partial charge on any atom is -0.462 e. The van der Waals surface area contributed by atoms with Gasteiger partial charge in [0.25, 0.3) is 10.1 Å². The second kappa shape index (κ2) is 43.9. The van der Waals surface area contributed by atoms with Crippen LogP contribution in [0.1, 0.15) is 239 Å². The van der Waals surface area contributed by atoms with Crippen LogP contribution in [0.2, 0.25) is 0 Å². The van der Waals surface area contributed by atoms with Gasteiger partial charge in [-0.05, 0) is 51.4 Å². The van der Waals surface area contributed by atoms with Crippen LogP contribution in [0, 0.1) is 0 Å². The Bertz CT molecular complexity index is 1370. The van der Waals surface area contributed by atoms with Gasteiger partial charge < -0.3 is 34.3 Å². The number of unbranched alkanes of at least 4 members (excludes halogenated alkanes) is 28. The summed E-state index contributed by atoms with van der Waals surface area (Å²) in [6.07, 6.45) is 43.3. The maximum absolute atomic E-state index is 12.9. The van der Waals surface area contributed by atoms with Crippen molar-refractivity contribution in [1.29, 1.82) is 0 Å². The second-order valence-corrected chi connectivity index (χ2v) is 20.4. The monoisotopic (exact) mass is 971 g/mol. The topological polar surface area (TPSA) is 186 Å². The molecule has 1 saturated heterocycles. The van der Waals surface area contributed by atoms with Gasteiger partial charge in [0.05, 0.1) is 6.61 Å². The van der Waals surface area contributed by atoms with Crippen molar-refractivity contribution >= 4 is 22.1 Å². The van der Waals surface area contributed by atoms with E-state index in [2.05, 4.69) is 50.3 Å². The summed E-state index contributed by atoms with van der Waals surface area (Å²) in [5.41, 5.74) is 0. The van der Waals surface area contributed by atoms with E-state index in [1.165, 1.54) is 135 Å². The maximum atomic E-state index is 12.9. The van der Waals surface area contributed by atoms with Crippen molar-refractivity contribution in [3.05, 3.63) is 36.5 Å². The van der Waals surface area contributed by atoms with Gasteiger partial charge >= 0.3 is 11.9 Å². The summed E-state index contributed by atoms with van der Waals surface area (Å²) < 4.78 is 54.3. The average molecular weight is 971 g/mol. The fourth-order valence-corrected chi connectivity index (χ4v) is 8.96. The van der Waals surface area contributed by atoms with Crippen LogP contribution >= 0.6 is 0 Å². The van der Waals surface area contributed by atoms with Crippen LogP contribution in [0.15, 0.2) is 36.5 Å². The highest BCUT2D eigenvalue weighted by molar-refractivity contribution is 7.85. The third kappa shape index (κ3) is 38.3. The van der Waals surface area contributed by atoms with Crippen LogP contribution in [0.25, 0.3) is 0 Å². The van der Waals surface area contributed by atoms with Crippen molar-refractivity contribution in [3.63, 3.8) is 0 Å². The van der Waals surface area contributed by atoms with Crippen LogP contribution in [-0.2, 0) is 38.7 Å². The predicted octanol–water partition coefficient (Wildman–Crippen LogP) is 12.5. The fraction of sp³-hybridized carbons (Fsp3) is 0.852. The summed E-state index contributed by atoms with van der Waals surface area (Å²) in [6.45, 7) is 3.75. The summed E-state index contributed by atoms with van der Waals surface area (Å²) in [4.78, 5) is 25.5. The number of rotatable bonds is 46. The van der Waals surface area contributed by atoms with Gasteiger partial charge in [0.1, 0.15) is 36.8 Å². The number of hydrogen-bond donors (Lipinski definition) is 4. The molecule has 1 aliphatic heterocycles. The summed E-state index contributed by atoms with van der Waals surface area (Å²) in [5.74, 6) is -2.00. The molecule has 2 unspecified atom stereocenters. The molecule has 0 aromatic rings. The van der Waals surface area contributed by atoms with Gasteiger partial charge in [-0.1, -0.05) is 211 Å². The molecule has 6 atom stereocenters. The summed E-state index contributed by atoms with van der Waals surface area (Å²) in [5, 5.41) is 31.0. The molecular weight excluding hydrogens is 873 g/mol. The number of allylic oxidation sites excluding steroid dienone is 6. The molecule has 1 aliphatic rings. The molecule has 0 saturated carbocycles.